The van der Waals surface area contributed by atoms with Gasteiger partial charge in [-0.25, -0.2) is 0 Å². The summed E-state index contributed by atoms with van der Waals surface area (Å²) in [6.45, 7) is 9.05. The number of furan rings is 1. The molecule has 0 radical (unpaired) electrons. The van der Waals surface area contributed by atoms with Crippen molar-refractivity contribution >= 4 is 27.8 Å². The van der Waals surface area contributed by atoms with E-state index in [4.69, 9.17) is 4.42 Å². The summed E-state index contributed by atoms with van der Waals surface area (Å²) in [5.74, 6) is 0.472. The number of thioether (sulfide) groups is 1. The van der Waals surface area contributed by atoms with Gasteiger partial charge in [0.05, 0.1) is 6.26 Å². The monoisotopic (exact) mass is 286 g/mol. The van der Waals surface area contributed by atoms with E-state index in [0.717, 1.165) is 15.9 Å². The van der Waals surface area contributed by atoms with Crippen LogP contribution in [0.2, 0.25) is 0 Å². The molecule has 2 heterocycles. The van der Waals surface area contributed by atoms with Gasteiger partial charge in [-0.2, -0.15) is 0 Å². The summed E-state index contributed by atoms with van der Waals surface area (Å²) in [6, 6.07) is 6.18. The minimum atomic E-state index is 0.0603. The molecule has 1 aromatic carbocycles. The Labute approximate surface area is 122 Å². The van der Waals surface area contributed by atoms with Crippen molar-refractivity contribution in [1.82, 2.24) is 0 Å². The lowest BCUT2D eigenvalue weighted by Gasteiger charge is -2.65. The summed E-state index contributed by atoms with van der Waals surface area (Å²) in [4.78, 5) is 13.7. The van der Waals surface area contributed by atoms with Gasteiger partial charge in [0.1, 0.15) is 5.58 Å². The Bertz CT molecular complexity index is 739. The third-order valence-corrected chi connectivity index (χ3v) is 7.07. The SMILES string of the molecule is CC1(C)[C@@H]2C(=O)Sc3c(ccc4occc34)[C@@H]2C1(C)C. The van der Waals surface area contributed by atoms with E-state index < -0.39 is 0 Å². The molecule has 0 N–H and O–H groups in total. The molecule has 1 aliphatic heterocycles. The second-order valence-electron chi connectivity index (χ2n) is 7.14. The van der Waals surface area contributed by atoms with E-state index in [-0.39, 0.29) is 16.7 Å². The fourth-order valence-electron chi connectivity index (χ4n) is 4.09. The van der Waals surface area contributed by atoms with Gasteiger partial charge in [-0.05, 0) is 28.5 Å². The van der Waals surface area contributed by atoms with E-state index in [1.54, 1.807) is 6.26 Å². The minimum Gasteiger partial charge on any atom is -0.464 e. The van der Waals surface area contributed by atoms with Crippen molar-refractivity contribution in [2.24, 2.45) is 16.7 Å². The summed E-state index contributed by atoms with van der Waals surface area (Å²) < 4.78 is 5.47. The van der Waals surface area contributed by atoms with Crippen LogP contribution in [0.5, 0.6) is 0 Å². The van der Waals surface area contributed by atoms with Gasteiger partial charge in [0, 0.05) is 22.1 Å². The average Bonchev–Trinajstić information content (AvgIpc) is 2.85. The lowest BCUT2D eigenvalue weighted by Crippen LogP contribution is -2.61. The Balaban J connectivity index is 1.98. The van der Waals surface area contributed by atoms with Crippen molar-refractivity contribution < 1.29 is 9.21 Å². The van der Waals surface area contributed by atoms with Crippen LogP contribution in [-0.2, 0) is 4.79 Å². The second kappa shape index (κ2) is 3.51. The molecular weight excluding hydrogens is 268 g/mol. The van der Waals surface area contributed by atoms with Crippen LogP contribution in [0.1, 0.15) is 39.2 Å². The Morgan fingerprint density at radius 3 is 2.50 bits per heavy atom. The summed E-state index contributed by atoms with van der Waals surface area (Å²) in [5.41, 5.74) is 2.40. The zero-order valence-electron chi connectivity index (χ0n) is 12.2. The predicted octanol–water partition coefficient (Wildman–Crippen LogP) is 4.83. The lowest BCUT2D eigenvalue weighted by atomic mass is 9.39. The van der Waals surface area contributed by atoms with Gasteiger partial charge in [0.25, 0.3) is 0 Å². The van der Waals surface area contributed by atoms with Crippen LogP contribution in [0, 0.1) is 16.7 Å². The highest BCUT2D eigenvalue weighted by atomic mass is 32.2. The molecule has 104 valence electrons. The summed E-state index contributed by atoms with van der Waals surface area (Å²) in [5, 5.41) is 1.40. The number of hydrogen-bond acceptors (Lipinski definition) is 3. The van der Waals surface area contributed by atoms with Crippen LogP contribution in [0.15, 0.2) is 33.8 Å². The van der Waals surface area contributed by atoms with E-state index in [9.17, 15) is 4.79 Å². The number of hydrogen-bond donors (Lipinski definition) is 0. The normalized spacial score (nSPS) is 29.7. The van der Waals surface area contributed by atoms with E-state index in [2.05, 4.69) is 33.8 Å². The minimum absolute atomic E-state index is 0.0603. The molecule has 1 aromatic heterocycles. The molecule has 20 heavy (non-hydrogen) atoms. The van der Waals surface area contributed by atoms with Crippen molar-refractivity contribution in [3.05, 3.63) is 30.0 Å². The quantitative estimate of drug-likeness (QED) is 0.694. The molecular formula is C17H18O2S. The number of carbonyl (C=O) groups is 1. The fourth-order valence-corrected chi connectivity index (χ4v) is 5.45. The van der Waals surface area contributed by atoms with Gasteiger partial charge >= 0.3 is 0 Å². The molecule has 2 aromatic rings. The van der Waals surface area contributed by atoms with Gasteiger partial charge in [0.15, 0.2) is 5.12 Å². The first-order valence-corrected chi connectivity index (χ1v) is 7.89. The van der Waals surface area contributed by atoms with E-state index in [1.807, 2.05) is 12.1 Å². The van der Waals surface area contributed by atoms with Crippen molar-refractivity contribution in [2.45, 2.75) is 38.5 Å². The average molecular weight is 286 g/mol. The molecule has 4 rings (SSSR count). The molecule has 0 amide bonds. The third-order valence-electron chi connectivity index (χ3n) is 5.96. The summed E-state index contributed by atoms with van der Waals surface area (Å²) in [6.07, 6.45) is 1.71. The highest BCUT2D eigenvalue weighted by molar-refractivity contribution is 8.14. The van der Waals surface area contributed by atoms with E-state index in [1.165, 1.54) is 17.3 Å². The Morgan fingerprint density at radius 2 is 1.75 bits per heavy atom. The van der Waals surface area contributed by atoms with Crippen molar-refractivity contribution in [3.63, 3.8) is 0 Å². The molecule has 2 nitrogen and oxygen atoms in total. The maximum Gasteiger partial charge on any atom is 0.197 e. The van der Waals surface area contributed by atoms with Gasteiger partial charge in [-0.3, -0.25) is 4.79 Å². The third kappa shape index (κ3) is 1.21. The van der Waals surface area contributed by atoms with Gasteiger partial charge in [0.2, 0.25) is 0 Å². The first-order chi connectivity index (χ1) is 9.35. The number of carbonyl (C=O) groups excluding carboxylic acids is 1. The van der Waals surface area contributed by atoms with Crippen molar-refractivity contribution in [1.29, 1.82) is 0 Å². The maximum absolute atomic E-state index is 12.6. The molecule has 0 unspecified atom stereocenters. The smallest absolute Gasteiger partial charge is 0.197 e. The largest absolute Gasteiger partial charge is 0.464 e. The molecule has 0 spiro atoms. The van der Waals surface area contributed by atoms with Crippen LogP contribution < -0.4 is 0 Å². The van der Waals surface area contributed by atoms with Crippen LogP contribution in [0.4, 0.5) is 0 Å². The molecule has 2 aliphatic rings. The first kappa shape index (κ1) is 12.5. The predicted molar refractivity (Wildman–Crippen MR) is 80.9 cm³/mol. The molecule has 3 heteroatoms. The molecule has 1 saturated carbocycles. The number of fused-ring (bicyclic) bond motifs is 5. The second-order valence-corrected chi connectivity index (χ2v) is 8.15. The van der Waals surface area contributed by atoms with Crippen LogP contribution in [-0.4, -0.2) is 5.12 Å². The van der Waals surface area contributed by atoms with Gasteiger partial charge < -0.3 is 4.42 Å². The van der Waals surface area contributed by atoms with Gasteiger partial charge in [-0.15, -0.1) is 0 Å². The summed E-state index contributed by atoms with van der Waals surface area (Å²) >= 11 is 1.41. The van der Waals surface area contributed by atoms with Crippen LogP contribution in [0.25, 0.3) is 11.0 Å². The van der Waals surface area contributed by atoms with Crippen LogP contribution >= 0.6 is 11.8 Å². The molecule has 0 bridgehead atoms. The van der Waals surface area contributed by atoms with Gasteiger partial charge in [-0.1, -0.05) is 45.5 Å². The maximum atomic E-state index is 12.6. The summed E-state index contributed by atoms with van der Waals surface area (Å²) in [7, 11) is 0. The van der Waals surface area contributed by atoms with E-state index >= 15 is 0 Å². The Hall–Kier alpha value is -1.22. The number of benzene rings is 1. The standard InChI is InChI=1S/C17H18O2S/c1-16(2)12-10-5-6-11-9(7-8-19-11)14(10)20-15(18)13(12)17(16,3)4/h5-8,12-13H,1-4H3/t12-,13-/m0/s1. The molecule has 1 fully saturated rings. The van der Waals surface area contributed by atoms with Crippen molar-refractivity contribution in [2.75, 3.05) is 0 Å². The van der Waals surface area contributed by atoms with E-state index in [0.29, 0.717) is 11.0 Å². The molecule has 1 aliphatic carbocycles. The Morgan fingerprint density at radius 1 is 1.05 bits per heavy atom. The number of rotatable bonds is 0. The molecule has 2 atom stereocenters. The first-order valence-electron chi connectivity index (χ1n) is 7.07. The fraction of sp³-hybridized carbons (Fsp3) is 0.471. The topological polar surface area (TPSA) is 30.2 Å². The molecule has 0 saturated heterocycles. The Kier molecular flexibility index (Phi) is 2.19. The zero-order valence-corrected chi connectivity index (χ0v) is 13.0. The lowest BCUT2D eigenvalue weighted by molar-refractivity contribution is -0.153. The highest BCUT2D eigenvalue weighted by Crippen LogP contribution is 2.72. The van der Waals surface area contributed by atoms with Crippen LogP contribution in [0.3, 0.4) is 0 Å². The zero-order chi connectivity index (χ0) is 14.3. The van der Waals surface area contributed by atoms with Crippen molar-refractivity contribution in [3.8, 4) is 0 Å². The highest BCUT2D eigenvalue weighted by Gasteiger charge is 2.66.